The van der Waals surface area contributed by atoms with Crippen LogP contribution in [0.4, 0.5) is 0 Å². The van der Waals surface area contributed by atoms with E-state index < -0.39 is 11.9 Å². The molecule has 0 radical (unpaired) electrons. The van der Waals surface area contributed by atoms with Gasteiger partial charge in [0.15, 0.2) is 0 Å². The van der Waals surface area contributed by atoms with Crippen molar-refractivity contribution < 1.29 is 19.4 Å². The predicted molar refractivity (Wildman–Crippen MR) is 123 cm³/mol. The molecule has 0 aliphatic carbocycles. The fourth-order valence-electron chi connectivity index (χ4n) is 2.79. The number of hydrogen-bond acceptors (Lipinski definition) is 5. The fourth-order valence-corrected chi connectivity index (χ4v) is 2.79. The number of nitrogens with zero attached hydrogens (tertiary/aromatic N) is 2. The molecule has 1 N–H and O–H groups in total. The van der Waals surface area contributed by atoms with Crippen LogP contribution in [0.25, 0.3) is 4.85 Å². The molecule has 172 valence electrons. The van der Waals surface area contributed by atoms with Crippen molar-refractivity contribution in [3.63, 3.8) is 0 Å². The number of rotatable bonds is 18. The molecular weight excluding hydrogens is 392 g/mol. The van der Waals surface area contributed by atoms with E-state index in [9.17, 15) is 15.2 Å². The third kappa shape index (κ3) is 15.7. The Balaban J connectivity index is 4.43. The number of nitriles is 1. The zero-order valence-corrected chi connectivity index (χ0v) is 19.2. The van der Waals surface area contributed by atoms with E-state index in [2.05, 4.69) is 18.7 Å². The van der Waals surface area contributed by atoms with Gasteiger partial charge >= 0.3 is 5.97 Å². The van der Waals surface area contributed by atoms with E-state index in [-0.39, 0.29) is 17.9 Å². The maximum Gasteiger partial charge on any atom is 0.336 e. The molecule has 0 spiro atoms. The molecule has 0 aliphatic heterocycles. The van der Waals surface area contributed by atoms with E-state index in [4.69, 9.17) is 16.0 Å². The normalized spacial score (nSPS) is 12.2. The number of carbonyl (C=O) groups excluding carboxylic acids is 1. The van der Waals surface area contributed by atoms with Crippen molar-refractivity contribution in [2.24, 2.45) is 0 Å². The van der Waals surface area contributed by atoms with E-state index >= 15 is 0 Å². The number of hydrogen-bond donors (Lipinski definition) is 1. The molecule has 31 heavy (non-hydrogen) atoms. The van der Waals surface area contributed by atoms with Crippen LogP contribution < -0.4 is 0 Å². The molecule has 0 aliphatic rings. The van der Waals surface area contributed by atoms with Crippen molar-refractivity contribution in [1.82, 2.24) is 0 Å². The van der Waals surface area contributed by atoms with Crippen LogP contribution >= 0.6 is 0 Å². The molecule has 0 atom stereocenters. The Morgan fingerprint density at radius 1 is 0.935 bits per heavy atom. The van der Waals surface area contributed by atoms with Crippen molar-refractivity contribution in [2.75, 3.05) is 13.2 Å². The van der Waals surface area contributed by atoms with E-state index in [1.54, 1.807) is 0 Å². The summed E-state index contributed by atoms with van der Waals surface area (Å²) in [6.07, 6.45) is 17.0. The summed E-state index contributed by atoms with van der Waals surface area (Å²) in [6.45, 7) is 12.1. The van der Waals surface area contributed by atoms with Crippen LogP contribution in [0.1, 0.15) is 90.9 Å². The van der Waals surface area contributed by atoms with Gasteiger partial charge in [0, 0.05) is 0 Å². The van der Waals surface area contributed by atoms with E-state index in [1.807, 2.05) is 6.07 Å². The van der Waals surface area contributed by atoms with Gasteiger partial charge in [-0.1, -0.05) is 84.1 Å². The van der Waals surface area contributed by atoms with Crippen LogP contribution in [-0.2, 0) is 14.3 Å². The highest BCUT2D eigenvalue weighted by molar-refractivity contribution is 5.90. The highest BCUT2D eigenvalue weighted by Crippen LogP contribution is 2.10. The van der Waals surface area contributed by atoms with Crippen LogP contribution in [0.2, 0.25) is 0 Å². The highest BCUT2D eigenvalue weighted by Gasteiger charge is 2.10. The minimum absolute atomic E-state index is 0.0630. The second kappa shape index (κ2) is 20.5. The summed E-state index contributed by atoms with van der Waals surface area (Å²) >= 11 is 0. The van der Waals surface area contributed by atoms with Gasteiger partial charge in [0.25, 0.3) is 11.6 Å². The molecule has 0 aromatic heterocycles. The van der Waals surface area contributed by atoms with Gasteiger partial charge in [0.1, 0.15) is 11.6 Å². The van der Waals surface area contributed by atoms with Gasteiger partial charge in [-0.15, -0.1) is 0 Å². The number of allylic oxidation sites excluding steroid dienone is 4. The third-order valence-corrected chi connectivity index (χ3v) is 4.67. The molecule has 0 saturated heterocycles. The summed E-state index contributed by atoms with van der Waals surface area (Å²) < 4.78 is 10.3. The Morgan fingerprint density at radius 2 is 1.45 bits per heavy atom. The Hall–Kier alpha value is -2.73. The highest BCUT2D eigenvalue weighted by atomic mass is 16.6. The number of carbonyl (C=O) groups is 1. The van der Waals surface area contributed by atoms with Gasteiger partial charge in [-0.3, -0.25) is 4.79 Å². The summed E-state index contributed by atoms with van der Waals surface area (Å²) in [4.78, 5) is 15.1. The number of ether oxygens (including phenoxy) is 2. The minimum Gasteiger partial charge on any atom is -0.480 e. The van der Waals surface area contributed by atoms with Crippen molar-refractivity contribution in [3.05, 3.63) is 46.9 Å². The van der Waals surface area contributed by atoms with Gasteiger partial charge in [0.2, 0.25) is 0 Å². The van der Waals surface area contributed by atoms with Crippen molar-refractivity contribution in [2.45, 2.75) is 90.9 Å². The predicted octanol–water partition coefficient (Wildman–Crippen LogP) is 6.92. The Kier molecular flexibility index (Phi) is 18.7. The Bertz CT molecular complexity index is 666. The lowest BCUT2D eigenvalue weighted by molar-refractivity contribution is -0.138. The second-order valence-corrected chi connectivity index (χ2v) is 7.37. The van der Waals surface area contributed by atoms with Crippen LogP contribution in [0.5, 0.6) is 0 Å². The molecule has 0 aromatic rings. The average molecular weight is 431 g/mol. The smallest absolute Gasteiger partial charge is 0.336 e. The third-order valence-electron chi connectivity index (χ3n) is 4.67. The van der Waals surface area contributed by atoms with Crippen molar-refractivity contribution in [1.29, 1.82) is 5.26 Å². The van der Waals surface area contributed by atoms with Crippen LogP contribution in [0, 0.1) is 17.9 Å². The Morgan fingerprint density at radius 3 is 1.97 bits per heavy atom. The molecule has 6 nitrogen and oxygen atoms in total. The first kappa shape index (κ1) is 28.3. The first-order valence-corrected chi connectivity index (χ1v) is 11.5. The SMILES string of the molecule is [C-]#[N+]C(=CC=CC(C#N)=C(O)OCCCCCCCC)C(=O)OCCCCCCCC. The molecule has 6 heteroatoms. The molecule has 0 amide bonds. The summed E-state index contributed by atoms with van der Waals surface area (Å²) in [5.74, 6) is -1.13. The summed E-state index contributed by atoms with van der Waals surface area (Å²) in [7, 11) is 0. The van der Waals surface area contributed by atoms with Gasteiger partial charge in [0.05, 0.1) is 19.8 Å². The first-order chi connectivity index (χ1) is 15.1. The maximum atomic E-state index is 12.0. The zero-order chi connectivity index (χ0) is 23.2. The average Bonchev–Trinajstić information content (AvgIpc) is 2.77. The zero-order valence-electron chi connectivity index (χ0n) is 19.2. The maximum absolute atomic E-state index is 12.0. The molecule has 0 saturated carbocycles. The lowest BCUT2D eigenvalue weighted by Gasteiger charge is -2.05. The lowest BCUT2D eigenvalue weighted by Crippen LogP contribution is -2.06. The second-order valence-electron chi connectivity index (χ2n) is 7.37. The molecule has 0 bridgehead atoms. The molecule has 0 heterocycles. The van der Waals surface area contributed by atoms with Crippen LogP contribution in [-0.4, -0.2) is 24.3 Å². The summed E-state index contributed by atoms with van der Waals surface area (Å²) in [5, 5.41) is 19.1. The molecule has 0 unspecified atom stereocenters. The minimum atomic E-state index is -0.681. The van der Waals surface area contributed by atoms with E-state index in [0.717, 1.165) is 38.5 Å². The largest absolute Gasteiger partial charge is 0.480 e. The van der Waals surface area contributed by atoms with Gasteiger partial charge < -0.3 is 14.6 Å². The number of aliphatic hydroxyl groups is 1. The quantitative estimate of drug-likeness (QED) is 0.0485. The first-order valence-electron chi connectivity index (χ1n) is 11.5. The van der Waals surface area contributed by atoms with Gasteiger partial charge in [-0.25, -0.2) is 4.85 Å². The Labute approximate surface area is 188 Å². The molecule has 0 aromatic carbocycles. The molecule has 0 fully saturated rings. The number of unbranched alkanes of at least 4 members (excludes halogenated alkanes) is 10. The summed E-state index contributed by atoms with van der Waals surface area (Å²) in [6, 6.07) is 1.85. The lowest BCUT2D eigenvalue weighted by atomic mass is 10.1. The monoisotopic (exact) mass is 430 g/mol. The standard InChI is InChI=1S/C25H38N2O4/c1-4-6-8-10-12-14-19-30-24(28)22(21-26)17-16-18-23(27-3)25(29)31-20-15-13-11-9-7-5-2/h16-18,28H,4-15,19-20H2,1-2H3. The molecule has 0 rings (SSSR count). The van der Waals surface area contributed by atoms with E-state index in [0.29, 0.717) is 6.61 Å². The van der Waals surface area contributed by atoms with Crippen LogP contribution in [0.3, 0.4) is 0 Å². The van der Waals surface area contributed by atoms with Crippen molar-refractivity contribution >= 4 is 5.97 Å². The van der Waals surface area contributed by atoms with Crippen molar-refractivity contribution in [3.8, 4) is 6.07 Å². The summed E-state index contributed by atoms with van der Waals surface area (Å²) in [5.41, 5.74) is -0.237. The van der Waals surface area contributed by atoms with Gasteiger partial charge in [-0.05, 0) is 25.0 Å². The fraction of sp³-hybridized carbons (Fsp3) is 0.640. The topological polar surface area (TPSA) is 83.9 Å². The number of aliphatic hydroxyl groups excluding tert-OH is 1. The van der Waals surface area contributed by atoms with Gasteiger partial charge in [-0.2, -0.15) is 5.26 Å². The van der Waals surface area contributed by atoms with E-state index in [1.165, 1.54) is 56.8 Å². The number of esters is 1. The van der Waals surface area contributed by atoms with Crippen LogP contribution in [0.15, 0.2) is 35.4 Å². The molecular formula is C25H38N2O4.